The first kappa shape index (κ1) is 33.5. The van der Waals surface area contributed by atoms with E-state index >= 15 is 0 Å². The molecule has 0 nitrogen and oxygen atoms in total. The minimum absolute atomic E-state index is 1.10. The Morgan fingerprint density at radius 3 is 1.25 bits per heavy atom. The van der Waals surface area contributed by atoms with Gasteiger partial charge in [0, 0.05) is 0 Å². The molecule has 0 bridgehead atoms. The lowest BCUT2D eigenvalue weighted by Gasteiger charge is -2.08. The fourth-order valence-electron chi connectivity index (χ4n) is 1.90. The monoisotopic (exact) mass is 384 g/mol. The summed E-state index contributed by atoms with van der Waals surface area (Å²) in [5.41, 5.74) is 7.25. The van der Waals surface area contributed by atoms with Crippen LogP contribution in [0, 0.1) is 0 Å². The Morgan fingerprint density at radius 1 is 0.643 bits per heavy atom. The number of hydrogen-bond acceptors (Lipinski definition) is 0. The topological polar surface area (TPSA) is 0 Å². The summed E-state index contributed by atoms with van der Waals surface area (Å²) >= 11 is 0. The average Bonchev–Trinajstić information content (AvgIpc) is 2.70. The minimum Gasteiger partial charge on any atom is -0.100 e. The normalized spacial score (nSPS) is 10.0. The van der Waals surface area contributed by atoms with Gasteiger partial charge in [-0.05, 0) is 63.8 Å². The first-order valence-corrected chi connectivity index (χ1v) is 10.7. The number of rotatable bonds is 4. The second-order valence-corrected chi connectivity index (χ2v) is 5.66. The van der Waals surface area contributed by atoms with Crippen LogP contribution >= 0.6 is 0 Å². The standard InChI is InChI=1S/C18H22.C4H8.3C2H6/c1-6-8-15(5)18(9-7-2)17-12-10-16(11-13-17)14(3)4;1-4(2)3;3*1-2/h6-13H,3H2,1-2,4-5H3;1H2,2-3H3;3*1-2H3/b8-6-,9-7-,18-15+;;;;. The van der Waals surface area contributed by atoms with Crippen molar-refractivity contribution in [1.29, 1.82) is 0 Å². The Labute approximate surface area is 178 Å². The highest BCUT2D eigenvalue weighted by atomic mass is 14.1. The van der Waals surface area contributed by atoms with Gasteiger partial charge in [-0.25, -0.2) is 0 Å². The maximum atomic E-state index is 3.96. The van der Waals surface area contributed by atoms with Gasteiger partial charge in [-0.2, -0.15) is 0 Å². The molecule has 0 saturated carbocycles. The first-order chi connectivity index (χ1) is 13.3. The highest BCUT2D eigenvalue weighted by Gasteiger charge is 2.01. The summed E-state index contributed by atoms with van der Waals surface area (Å²) in [5.74, 6) is 0. The third kappa shape index (κ3) is 18.7. The molecule has 28 heavy (non-hydrogen) atoms. The van der Waals surface area contributed by atoms with Crippen molar-refractivity contribution in [2.75, 3.05) is 0 Å². The molecule has 0 aliphatic rings. The fourth-order valence-corrected chi connectivity index (χ4v) is 1.90. The molecule has 0 aromatic heterocycles. The van der Waals surface area contributed by atoms with Crippen LogP contribution in [0.15, 0.2) is 72.9 Å². The van der Waals surface area contributed by atoms with Crippen molar-refractivity contribution in [2.45, 2.75) is 83.1 Å². The van der Waals surface area contributed by atoms with Crippen LogP contribution in [-0.2, 0) is 0 Å². The summed E-state index contributed by atoms with van der Waals surface area (Å²) in [6, 6.07) is 8.58. The molecule has 0 heterocycles. The van der Waals surface area contributed by atoms with E-state index in [9.17, 15) is 0 Å². The minimum atomic E-state index is 1.10. The molecule has 0 aliphatic heterocycles. The van der Waals surface area contributed by atoms with E-state index in [0.29, 0.717) is 0 Å². The van der Waals surface area contributed by atoms with Crippen molar-refractivity contribution in [1.82, 2.24) is 0 Å². The third-order valence-corrected chi connectivity index (χ3v) is 2.86. The molecule has 0 N–H and O–H groups in total. The van der Waals surface area contributed by atoms with Gasteiger partial charge in [-0.3, -0.25) is 0 Å². The van der Waals surface area contributed by atoms with Crippen molar-refractivity contribution in [2.24, 2.45) is 0 Å². The number of benzene rings is 1. The van der Waals surface area contributed by atoms with Crippen LogP contribution in [0.2, 0.25) is 0 Å². The van der Waals surface area contributed by atoms with Gasteiger partial charge in [-0.1, -0.05) is 108 Å². The van der Waals surface area contributed by atoms with E-state index in [4.69, 9.17) is 0 Å². The lowest BCUT2D eigenvalue weighted by atomic mass is 9.97. The van der Waals surface area contributed by atoms with E-state index < -0.39 is 0 Å². The molecule has 0 saturated heterocycles. The highest BCUT2D eigenvalue weighted by Crippen LogP contribution is 2.23. The van der Waals surface area contributed by atoms with Gasteiger partial charge in [-0.15, -0.1) is 6.58 Å². The zero-order chi connectivity index (χ0) is 23.1. The van der Waals surface area contributed by atoms with Crippen LogP contribution in [0.25, 0.3) is 11.1 Å². The molecule has 1 aromatic rings. The molecule has 0 spiro atoms. The average molecular weight is 385 g/mol. The van der Waals surface area contributed by atoms with Gasteiger partial charge in [0.25, 0.3) is 0 Å². The van der Waals surface area contributed by atoms with E-state index in [1.54, 1.807) is 0 Å². The Kier molecular flexibility index (Phi) is 29.8. The maximum absolute atomic E-state index is 3.96. The van der Waals surface area contributed by atoms with E-state index in [1.807, 2.05) is 76.2 Å². The van der Waals surface area contributed by atoms with Crippen molar-refractivity contribution in [3.05, 3.63) is 84.0 Å². The van der Waals surface area contributed by atoms with Crippen LogP contribution in [0.1, 0.15) is 94.2 Å². The third-order valence-electron chi connectivity index (χ3n) is 2.86. The van der Waals surface area contributed by atoms with Crippen molar-refractivity contribution >= 4 is 11.1 Å². The SMILES string of the molecule is C=C(C)C.C=C(C)c1ccc(C(/C=C\C)=C(C)/C=C\C)cc1.CC.CC.CC. The Balaban J connectivity index is -0.000000245. The molecule has 0 fully saturated rings. The predicted octanol–water partition coefficient (Wildman–Crippen LogP) is 10.3. The first-order valence-electron chi connectivity index (χ1n) is 10.7. The predicted molar refractivity (Wildman–Crippen MR) is 138 cm³/mol. The smallest absolute Gasteiger partial charge is 0.0158 e. The van der Waals surface area contributed by atoms with E-state index in [1.165, 1.54) is 27.8 Å². The molecule has 0 radical (unpaired) electrons. The second kappa shape index (κ2) is 24.9. The van der Waals surface area contributed by atoms with Crippen LogP contribution in [-0.4, -0.2) is 0 Å². The molecular formula is C28H48. The molecule has 0 atom stereocenters. The zero-order valence-electron chi connectivity index (χ0n) is 21.0. The van der Waals surface area contributed by atoms with Gasteiger partial charge >= 0.3 is 0 Å². The summed E-state index contributed by atoms with van der Waals surface area (Å²) in [4.78, 5) is 0. The van der Waals surface area contributed by atoms with Gasteiger partial charge in [0.05, 0.1) is 0 Å². The number of hydrogen-bond donors (Lipinski definition) is 0. The van der Waals surface area contributed by atoms with Crippen LogP contribution in [0.3, 0.4) is 0 Å². The summed E-state index contributed by atoms with van der Waals surface area (Å²) in [6.45, 7) is 31.7. The van der Waals surface area contributed by atoms with Gasteiger partial charge < -0.3 is 0 Å². The zero-order valence-corrected chi connectivity index (χ0v) is 21.0. The fraction of sp³-hybridized carbons (Fsp3) is 0.429. The summed E-state index contributed by atoms with van der Waals surface area (Å²) in [6.07, 6.45) is 8.45. The largest absolute Gasteiger partial charge is 0.100 e. The van der Waals surface area contributed by atoms with Crippen LogP contribution < -0.4 is 0 Å². The molecule has 0 heteroatoms. The highest BCUT2D eigenvalue weighted by molar-refractivity contribution is 5.79. The van der Waals surface area contributed by atoms with Gasteiger partial charge in [0.2, 0.25) is 0 Å². The summed E-state index contributed by atoms with van der Waals surface area (Å²) < 4.78 is 0. The van der Waals surface area contributed by atoms with Crippen molar-refractivity contribution in [3.8, 4) is 0 Å². The van der Waals surface area contributed by atoms with Crippen LogP contribution in [0.5, 0.6) is 0 Å². The van der Waals surface area contributed by atoms with E-state index in [0.717, 1.165) is 5.57 Å². The van der Waals surface area contributed by atoms with E-state index in [-0.39, 0.29) is 0 Å². The molecule has 1 rings (SSSR count). The van der Waals surface area contributed by atoms with Gasteiger partial charge in [0.15, 0.2) is 0 Å². The maximum Gasteiger partial charge on any atom is -0.0158 e. The van der Waals surface area contributed by atoms with Gasteiger partial charge in [0.1, 0.15) is 0 Å². The summed E-state index contributed by atoms with van der Waals surface area (Å²) in [5, 5.41) is 0. The lowest BCUT2D eigenvalue weighted by Crippen LogP contribution is -1.86. The molecule has 1 aromatic carbocycles. The Morgan fingerprint density at radius 2 is 0.964 bits per heavy atom. The molecule has 0 aliphatic carbocycles. The van der Waals surface area contributed by atoms with Crippen LogP contribution in [0.4, 0.5) is 0 Å². The summed E-state index contributed by atoms with van der Waals surface area (Å²) in [7, 11) is 0. The van der Waals surface area contributed by atoms with Crippen molar-refractivity contribution < 1.29 is 0 Å². The van der Waals surface area contributed by atoms with E-state index in [2.05, 4.69) is 68.7 Å². The second-order valence-electron chi connectivity index (χ2n) is 5.66. The molecule has 160 valence electrons. The lowest BCUT2D eigenvalue weighted by molar-refractivity contribution is 1.42. The molecular weight excluding hydrogens is 336 g/mol. The Bertz CT molecular complexity index is 571. The molecule has 0 unspecified atom stereocenters. The Hall–Kier alpha value is -2.08. The van der Waals surface area contributed by atoms with Crippen molar-refractivity contribution in [3.63, 3.8) is 0 Å². The quantitative estimate of drug-likeness (QED) is 0.357. The number of allylic oxidation sites excluding steroid dienone is 8. The molecule has 0 amide bonds.